The number of hydrogen-bond acceptors (Lipinski definition) is 8. The van der Waals surface area contributed by atoms with Crippen molar-refractivity contribution in [3.63, 3.8) is 0 Å². The molecule has 0 spiro atoms. The predicted octanol–water partition coefficient (Wildman–Crippen LogP) is 29.3. The first-order valence-electron chi connectivity index (χ1n) is 36.2. The van der Waals surface area contributed by atoms with Gasteiger partial charge < -0.3 is 36.3 Å². The molecule has 0 saturated heterocycles. The molecule has 23 rings (SSSR count). The molecule has 0 unspecified atom stereocenters. The van der Waals surface area contributed by atoms with Crippen LogP contribution in [0.25, 0.3) is 198 Å². The van der Waals surface area contributed by atoms with Gasteiger partial charge in [-0.3, -0.25) is 0 Å². The molecule has 6 heterocycles. The van der Waals surface area contributed by atoms with Gasteiger partial charge in [0.2, 0.25) is 0 Å². The molecule has 0 aliphatic carbocycles. The van der Waals surface area contributed by atoms with Crippen molar-refractivity contribution in [1.29, 1.82) is 0 Å². The Morgan fingerprint density at radius 1 is 0.196 bits per heavy atom. The number of para-hydroxylation sites is 8. The molecule has 0 saturated carbocycles. The van der Waals surface area contributed by atoms with Gasteiger partial charge in [0, 0.05) is 104 Å². The fourth-order valence-corrected chi connectivity index (χ4v) is 17.2. The zero-order chi connectivity index (χ0) is 70.1. The lowest BCUT2D eigenvalue weighted by atomic mass is 10.00. The Morgan fingerprint density at radius 3 is 0.869 bits per heavy atom. The van der Waals surface area contributed by atoms with Crippen molar-refractivity contribution in [2.75, 3.05) is 9.80 Å². The third kappa shape index (κ3) is 8.90. The van der Waals surface area contributed by atoms with E-state index in [1.807, 2.05) is 24.3 Å². The van der Waals surface area contributed by atoms with Gasteiger partial charge in [-0.2, -0.15) is 0 Å². The number of anilines is 6. The molecule has 23 aromatic rings. The summed E-state index contributed by atoms with van der Waals surface area (Å²) >= 11 is 0. The van der Waals surface area contributed by atoms with E-state index in [-0.39, 0.29) is 0 Å². The van der Waals surface area contributed by atoms with Crippen molar-refractivity contribution in [3.8, 4) is 44.5 Å². The molecule has 0 fully saturated rings. The Labute approximate surface area is 610 Å². The number of furan rings is 6. The van der Waals surface area contributed by atoms with Crippen LogP contribution in [0.1, 0.15) is 5.56 Å². The Balaban J connectivity index is 0.670. The monoisotopic (exact) mass is 1370 g/mol. The number of fused-ring (bicyclic) bond motifs is 20. The van der Waals surface area contributed by atoms with Crippen LogP contribution in [0, 0.1) is 6.92 Å². The summed E-state index contributed by atoms with van der Waals surface area (Å²) in [4.78, 5) is 4.61. The van der Waals surface area contributed by atoms with Crippen LogP contribution < -0.4 is 9.80 Å². The normalized spacial score (nSPS) is 12.2. The fraction of sp³-hybridized carbons (Fsp3) is 0.0101. The molecule has 0 aliphatic rings. The minimum atomic E-state index is 0.769. The lowest BCUT2D eigenvalue weighted by Crippen LogP contribution is -2.10. The van der Waals surface area contributed by atoms with Gasteiger partial charge in [0.1, 0.15) is 44.7 Å². The second kappa shape index (κ2) is 22.8. The van der Waals surface area contributed by atoms with E-state index in [9.17, 15) is 0 Å². The highest BCUT2D eigenvalue weighted by atomic mass is 16.4. The number of aryl methyl sites for hydroxylation is 1. The third-order valence-electron chi connectivity index (χ3n) is 22.2. The van der Waals surface area contributed by atoms with Crippen LogP contribution in [0.15, 0.2) is 360 Å². The topological polar surface area (TPSA) is 85.3 Å². The largest absolute Gasteiger partial charge is 0.456 e. The summed E-state index contributed by atoms with van der Waals surface area (Å²) in [7, 11) is 0. The van der Waals surface area contributed by atoms with Gasteiger partial charge in [-0.1, -0.05) is 255 Å². The number of rotatable bonds is 10. The maximum atomic E-state index is 7.21. The van der Waals surface area contributed by atoms with Crippen LogP contribution in [0.2, 0.25) is 0 Å². The smallest absolute Gasteiger partial charge is 0.159 e. The van der Waals surface area contributed by atoms with E-state index in [0.29, 0.717) is 0 Å². The van der Waals surface area contributed by atoms with E-state index in [4.69, 9.17) is 26.5 Å². The SMILES string of the molecule is Cc1c2oc3cc4cc(N(c5cccc6c5oc5c(-c7ccccc7)cccc56)c5cccc6c5oc5c(-c7ccccc7)cccc56)ccc4cc3c2cc2oc3cc4cc(N(c5cccc6c5oc5c(-c7ccccc7)cccc56)c5cccc6c5oc5c(-c7ccccc7)cccc56)ccc4cc3c12. The molecule has 17 aromatic carbocycles. The highest BCUT2D eigenvalue weighted by Gasteiger charge is 2.29. The van der Waals surface area contributed by atoms with Crippen LogP contribution in [-0.4, -0.2) is 0 Å². The van der Waals surface area contributed by atoms with Crippen molar-refractivity contribution in [2.45, 2.75) is 6.92 Å². The highest BCUT2D eigenvalue weighted by Crippen LogP contribution is 2.53. The zero-order valence-corrected chi connectivity index (χ0v) is 57.6. The first kappa shape index (κ1) is 59.2. The first-order chi connectivity index (χ1) is 53.0. The summed E-state index contributed by atoms with van der Waals surface area (Å²) in [5, 5.41) is 16.4. The van der Waals surface area contributed by atoms with Crippen LogP contribution in [0.4, 0.5) is 34.1 Å². The van der Waals surface area contributed by atoms with E-state index >= 15 is 0 Å². The lowest BCUT2D eigenvalue weighted by Gasteiger charge is -2.26. The molecule has 0 aliphatic heterocycles. The van der Waals surface area contributed by atoms with Gasteiger partial charge in [-0.05, 0) is 130 Å². The molecular weight excluding hydrogens is 1310 g/mol. The number of benzene rings is 17. The molecule has 0 atom stereocenters. The Bertz CT molecular complexity index is 7000. The lowest BCUT2D eigenvalue weighted by molar-refractivity contribution is 0.662. The molecule has 0 N–H and O–H groups in total. The summed E-state index contributed by atoms with van der Waals surface area (Å²) in [6, 6.07) is 118. The maximum Gasteiger partial charge on any atom is 0.159 e. The summed E-state index contributed by atoms with van der Waals surface area (Å²) in [5.74, 6) is 0. The number of nitrogens with zero attached hydrogens (tertiary/aromatic N) is 2. The first-order valence-corrected chi connectivity index (χ1v) is 36.2. The summed E-state index contributed by atoms with van der Waals surface area (Å²) in [6.45, 7) is 2.16. The van der Waals surface area contributed by atoms with Crippen molar-refractivity contribution in [1.82, 2.24) is 0 Å². The van der Waals surface area contributed by atoms with Crippen molar-refractivity contribution in [3.05, 3.63) is 339 Å². The summed E-state index contributed by atoms with van der Waals surface area (Å²) in [5.41, 5.74) is 24.5. The molecule has 0 amide bonds. The number of hydrogen-bond donors (Lipinski definition) is 0. The van der Waals surface area contributed by atoms with Crippen molar-refractivity contribution in [2.24, 2.45) is 0 Å². The van der Waals surface area contributed by atoms with Crippen LogP contribution in [-0.2, 0) is 0 Å². The molecule has 0 bridgehead atoms. The molecule has 500 valence electrons. The van der Waals surface area contributed by atoms with Crippen molar-refractivity contribution >= 4 is 187 Å². The minimum Gasteiger partial charge on any atom is -0.456 e. The van der Waals surface area contributed by atoms with E-state index in [1.165, 1.54) is 0 Å². The van der Waals surface area contributed by atoms with Gasteiger partial charge in [0.05, 0.1) is 22.7 Å². The standard InChI is InChI=1S/C99H58N2O6/c1-57-90-82-53-63-47-49-67(101(85-44-20-40-78-74-36-16-32-70(94(74)106-98(78)85)60-26-10-4-11-27-60)86-45-21-41-79-75-37-17-33-71(95(75)107-99(79)86)61-28-12-5-13-29-61)51-65(63)55-88(82)102-89(90)56-81-80-52-62-46-48-66(50-64(62)54-87(80)103-91(57)81)100(83-42-18-38-76-72-34-14-30-68(92(72)104-96(76)83)58-22-6-2-7-23-58)84-43-19-39-77-73-35-15-31-69(93(73)105-97(77)84)59-24-8-3-9-25-59/h2-56H,1H3. The molecular formula is C99H58N2O6. The molecule has 0 radical (unpaired) electrons. The molecule has 107 heavy (non-hydrogen) atoms. The molecule has 6 aromatic heterocycles. The van der Waals surface area contributed by atoms with Crippen LogP contribution in [0.5, 0.6) is 0 Å². The average molecular weight is 1370 g/mol. The summed E-state index contributed by atoms with van der Waals surface area (Å²) in [6.07, 6.45) is 0. The quantitative estimate of drug-likeness (QED) is 0.134. The Kier molecular flexibility index (Phi) is 12.6. The van der Waals surface area contributed by atoms with Gasteiger partial charge >= 0.3 is 0 Å². The van der Waals surface area contributed by atoms with Gasteiger partial charge in [-0.25, -0.2) is 0 Å². The van der Waals surface area contributed by atoms with Gasteiger partial charge in [-0.15, -0.1) is 0 Å². The predicted molar refractivity (Wildman–Crippen MR) is 441 cm³/mol. The second-order valence-electron chi connectivity index (χ2n) is 28.1. The summed E-state index contributed by atoms with van der Waals surface area (Å²) < 4.78 is 43.1. The molecule has 8 nitrogen and oxygen atoms in total. The zero-order valence-electron chi connectivity index (χ0n) is 57.6. The van der Waals surface area contributed by atoms with Crippen molar-refractivity contribution < 1.29 is 26.5 Å². The van der Waals surface area contributed by atoms with E-state index in [1.54, 1.807) is 0 Å². The van der Waals surface area contributed by atoms with E-state index in [0.717, 1.165) is 237 Å². The van der Waals surface area contributed by atoms with Gasteiger partial charge in [0.25, 0.3) is 0 Å². The minimum absolute atomic E-state index is 0.769. The van der Waals surface area contributed by atoms with Crippen LogP contribution >= 0.6 is 0 Å². The van der Waals surface area contributed by atoms with E-state index < -0.39 is 0 Å². The Hall–Kier alpha value is -14.3. The van der Waals surface area contributed by atoms with Crippen LogP contribution in [0.3, 0.4) is 0 Å². The highest BCUT2D eigenvalue weighted by molar-refractivity contribution is 6.23. The second-order valence-corrected chi connectivity index (χ2v) is 28.1. The average Bonchev–Trinajstić information content (AvgIpc) is 1.60. The fourth-order valence-electron chi connectivity index (χ4n) is 17.2. The third-order valence-corrected chi connectivity index (χ3v) is 22.2. The molecule has 8 heteroatoms. The maximum absolute atomic E-state index is 7.21. The Morgan fingerprint density at radius 2 is 0.514 bits per heavy atom. The van der Waals surface area contributed by atoms with Gasteiger partial charge in [0.15, 0.2) is 22.3 Å². The van der Waals surface area contributed by atoms with E-state index in [2.05, 4.69) is 326 Å².